The van der Waals surface area contributed by atoms with E-state index in [1.54, 1.807) is 14.2 Å². The SMILES string of the molecule is COc1cc([C@H](N)CCCCN)c(OC)cc1Br. The maximum atomic E-state index is 6.19. The Hall–Kier alpha value is -0.780. The molecule has 0 aliphatic rings. The van der Waals surface area contributed by atoms with Gasteiger partial charge < -0.3 is 20.9 Å². The van der Waals surface area contributed by atoms with Crippen LogP contribution in [0.3, 0.4) is 0 Å². The predicted octanol–water partition coefficient (Wildman–Crippen LogP) is 2.60. The van der Waals surface area contributed by atoms with Gasteiger partial charge in [-0.25, -0.2) is 0 Å². The van der Waals surface area contributed by atoms with Crippen molar-refractivity contribution in [3.63, 3.8) is 0 Å². The van der Waals surface area contributed by atoms with Crippen LogP contribution >= 0.6 is 15.9 Å². The summed E-state index contributed by atoms with van der Waals surface area (Å²) in [4.78, 5) is 0. The second-order valence-corrected chi connectivity index (χ2v) is 4.97. The molecule has 1 rings (SSSR count). The van der Waals surface area contributed by atoms with Crippen molar-refractivity contribution >= 4 is 15.9 Å². The van der Waals surface area contributed by atoms with Gasteiger partial charge in [-0.15, -0.1) is 0 Å². The van der Waals surface area contributed by atoms with Crippen molar-refractivity contribution in [2.75, 3.05) is 20.8 Å². The molecule has 0 aliphatic carbocycles. The molecule has 0 radical (unpaired) electrons. The Morgan fingerprint density at radius 2 is 1.83 bits per heavy atom. The van der Waals surface area contributed by atoms with Gasteiger partial charge in [-0.3, -0.25) is 0 Å². The van der Waals surface area contributed by atoms with E-state index >= 15 is 0 Å². The topological polar surface area (TPSA) is 70.5 Å². The summed E-state index contributed by atoms with van der Waals surface area (Å²) in [5.41, 5.74) is 12.6. The standard InChI is InChI=1S/C13H21BrN2O2/c1-17-12-8-10(14)13(18-2)7-9(12)11(16)5-3-4-6-15/h7-8,11H,3-6,15-16H2,1-2H3/t11-/m1/s1. The number of benzene rings is 1. The number of unbranched alkanes of at least 4 members (excludes halogenated alkanes) is 1. The number of nitrogens with two attached hydrogens (primary N) is 2. The van der Waals surface area contributed by atoms with Crippen molar-refractivity contribution in [1.82, 2.24) is 0 Å². The molecule has 0 heterocycles. The zero-order chi connectivity index (χ0) is 13.5. The fourth-order valence-corrected chi connectivity index (χ4v) is 2.32. The molecule has 5 heteroatoms. The number of rotatable bonds is 7. The molecule has 4 N–H and O–H groups in total. The normalized spacial score (nSPS) is 12.3. The Morgan fingerprint density at radius 1 is 1.17 bits per heavy atom. The number of methoxy groups -OCH3 is 2. The number of halogens is 1. The van der Waals surface area contributed by atoms with Crippen molar-refractivity contribution in [1.29, 1.82) is 0 Å². The van der Waals surface area contributed by atoms with E-state index in [0.717, 1.165) is 40.8 Å². The molecular formula is C13H21BrN2O2. The Balaban J connectivity index is 2.90. The van der Waals surface area contributed by atoms with Crippen molar-refractivity contribution < 1.29 is 9.47 Å². The largest absolute Gasteiger partial charge is 0.496 e. The summed E-state index contributed by atoms with van der Waals surface area (Å²) in [6.07, 6.45) is 2.89. The van der Waals surface area contributed by atoms with Crippen LogP contribution in [0.4, 0.5) is 0 Å². The average Bonchev–Trinajstić information content (AvgIpc) is 2.38. The minimum atomic E-state index is -0.0616. The third kappa shape index (κ3) is 3.86. The first-order chi connectivity index (χ1) is 8.63. The summed E-state index contributed by atoms with van der Waals surface area (Å²) < 4.78 is 11.5. The monoisotopic (exact) mass is 316 g/mol. The molecular weight excluding hydrogens is 296 g/mol. The predicted molar refractivity (Wildman–Crippen MR) is 77.1 cm³/mol. The highest BCUT2D eigenvalue weighted by Gasteiger charge is 2.15. The van der Waals surface area contributed by atoms with E-state index in [-0.39, 0.29) is 6.04 Å². The van der Waals surface area contributed by atoms with E-state index in [9.17, 15) is 0 Å². The number of hydrogen-bond donors (Lipinski definition) is 2. The molecule has 0 saturated heterocycles. The minimum Gasteiger partial charge on any atom is -0.496 e. The third-order valence-corrected chi connectivity index (χ3v) is 3.49. The maximum absolute atomic E-state index is 6.19. The molecule has 4 nitrogen and oxygen atoms in total. The van der Waals surface area contributed by atoms with Gasteiger partial charge in [-0.2, -0.15) is 0 Å². The highest BCUT2D eigenvalue weighted by molar-refractivity contribution is 9.10. The molecule has 0 saturated carbocycles. The molecule has 1 atom stereocenters. The molecule has 18 heavy (non-hydrogen) atoms. The van der Waals surface area contributed by atoms with E-state index in [4.69, 9.17) is 20.9 Å². The van der Waals surface area contributed by atoms with Crippen molar-refractivity contribution in [2.24, 2.45) is 11.5 Å². The van der Waals surface area contributed by atoms with Gasteiger partial charge in [0.2, 0.25) is 0 Å². The van der Waals surface area contributed by atoms with Crippen molar-refractivity contribution in [2.45, 2.75) is 25.3 Å². The third-order valence-electron chi connectivity index (χ3n) is 2.87. The second kappa shape index (κ2) is 7.61. The van der Waals surface area contributed by atoms with Crippen LogP contribution in [0.2, 0.25) is 0 Å². The van der Waals surface area contributed by atoms with E-state index < -0.39 is 0 Å². The maximum Gasteiger partial charge on any atom is 0.133 e. The quantitative estimate of drug-likeness (QED) is 0.758. The first-order valence-corrected chi connectivity index (χ1v) is 6.80. The van der Waals surface area contributed by atoms with Gasteiger partial charge in [0.25, 0.3) is 0 Å². The average molecular weight is 317 g/mol. The zero-order valence-electron chi connectivity index (χ0n) is 10.9. The highest BCUT2D eigenvalue weighted by Crippen LogP contribution is 2.36. The van der Waals surface area contributed by atoms with Crippen LogP contribution in [-0.4, -0.2) is 20.8 Å². The fraction of sp³-hybridized carbons (Fsp3) is 0.538. The summed E-state index contributed by atoms with van der Waals surface area (Å²) in [6.45, 7) is 0.702. The molecule has 1 aromatic rings. The zero-order valence-corrected chi connectivity index (χ0v) is 12.5. The minimum absolute atomic E-state index is 0.0616. The molecule has 102 valence electrons. The summed E-state index contributed by atoms with van der Waals surface area (Å²) >= 11 is 3.43. The lowest BCUT2D eigenvalue weighted by molar-refractivity contribution is 0.391. The Morgan fingerprint density at radius 3 is 2.39 bits per heavy atom. The van der Waals surface area contributed by atoms with Gasteiger partial charge in [-0.1, -0.05) is 6.42 Å². The molecule has 0 spiro atoms. The van der Waals surface area contributed by atoms with Crippen molar-refractivity contribution in [3.05, 3.63) is 22.2 Å². The van der Waals surface area contributed by atoms with E-state index in [2.05, 4.69) is 15.9 Å². The van der Waals surface area contributed by atoms with Gasteiger partial charge in [0.05, 0.1) is 18.7 Å². The number of ether oxygens (including phenoxy) is 2. The second-order valence-electron chi connectivity index (χ2n) is 4.12. The molecule has 0 fully saturated rings. The van der Waals surface area contributed by atoms with Gasteiger partial charge in [0, 0.05) is 11.6 Å². The summed E-state index contributed by atoms with van der Waals surface area (Å²) in [5, 5.41) is 0. The lowest BCUT2D eigenvalue weighted by atomic mass is 10.0. The van der Waals surface area contributed by atoms with Crippen LogP contribution in [0.1, 0.15) is 30.9 Å². The smallest absolute Gasteiger partial charge is 0.133 e. The van der Waals surface area contributed by atoms with Gasteiger partial charge in [-0.05, 0) is 47.4 Å². The Labute approximate surface area is 117 Å². The lowest BCUT2D eigenvalue weighted by Crippen LogP contribution is -2.12. The van der Waals surface area contributed by atoms with Gasteiger partial charge in [0.1, 0.15) is 11.5 Å². The van der Waals surface area contributed by atoms with Crippen LogP contribution in [0.15, 0.2) is 16.6 Å². The molecule has 1 aromatic carbocycles. The van der Waals surface area contributed by atoms with E-state index in [1.807, 2.05) is 12.1 Å². The number of hydrogen-bond acceptors (Lipinski definition) is 4. The summed E-state index contributed by atoms with van der Waals surface area (Å²) in [5.74, 6) is 1.54. The lowest BCUT2D eigenvalue weighted by Gasteiger charge is -2.17. The molecule has 0 amide bonds. The van der Waals surface area contributed by atoms with E-state index in [1.165, 1.54) is 0 Å². The van der Waals surface area contributed by atoms with Crippen LogP contribution in [0, 0.1) is 0 Å². The van der Waals surface area contributed by atoms with Crippen LogP contribution in [-0.2, 0) is 0 Å². The highest BCUT2D eigenvalue weighted by atomic mass is 79.9. The Bertz CT molecular complexity index is 385. The fourth-order valence-electron chi connectivity index (χ4n) is 1.84. The van der Waals surface area contributed by atoms with Crippen LogP contribution < -0.4 is 20.9 Å². The molecule has 0 unspecified atom stereocenters. The van der Waals surface area contributed by atoms with Gasteiger partial charge >= 0.3 is 0 Å². The molecule has 0 aliphatic heterocycles. The van der Waals surface area contributed by atoms with Gasteiger partial charge in [0.15, 0.2) is 0 Å². The first-order valence-electron chi connectivity index (χ1n) is 6.01. The van der Waals surface area contributed by atoms with E-state index in [0.29, 0.717) is 6.54 Å². The van der Waals surface area contributed by atoms with Crippen LogP contribution in [0.5, 0.6) is 11.5 Å². The van der Waals surface area contributed by atoms with Crippen LogP contribution in [0.25, 0.3) is 0 Å². The molecule has 0 bridgehead atoms. The van der Waals surface area contributed by atoms with Crippen molar-refractivity contribution in [3.8, 4) is 11.5 Å². The Kier molecular flexibility index (Phi) is 6.46. The molecule has 0 aromatic heterocycles. The summed E-state index contributed by atoms with van der Waals surface area (Å²) in [7, 11) is 3.28. The first kappa shape index (κ1) is 15.3. The summed E-state index contributed by atoms with van der Waals surface area (Å²) in [6, 6.07) is 3.75.